The summed E-state index contributed by atoms with van der Waals surface area (Å²) in [6.45, 7) is 3.92. The van der Waals surface area contributed by atoms with Crippen LogP contribution in [0.25, 0.3) is 11.0 Å². The van der Waals surface area contributed by atoms with Crippen LogP contribution in [-0.4, -0.2) is 13.7 Å². The third-order valence-electron chi connectivity index (χ3n) is 4.29. The second-order valence-electron chi connectivity index (χ2n) is 5.99. The van der Waals surface area contributed by atoms with Gasteiger partial charge in [0, 0.05) is 29.0 Å². The van der Waals surface area contributed by atoms with E-state index in [0.717, 1.165) is 24.0 Å². The molecule has 1 atom stereocenters. The Balaban J connectivity index is 1.74. The van der Waals surface area contributed by atoms with Crippen LogP contribution in [0.4, 0.5) is 0 Å². The van der Waals surface area contributed by atoms with E-state index >= 15 is 0 Å². The van der Waals surface area contributed by atoms with E-state index in [9.17, 15) is 4.79 Å². The molecule has 0 aliphatic rings. The molecule has 1 aromatic heterocycles. The van der Waals surface area contributed by atoms with Crippen molar-refractivity contribution in [1.29, 1.82) is 0 Å². The summed E-state index contributed by atoms with van der Waals surface area (Å²) in [5.74, 6) is 1.14. The van der Waals surface area contributed by atoms with Crippen molar-refractivity contribution < 1.29 is 14.5 Å². The summed E-state index contributed by atoms with van der Waals surface area (Å²) in [6, 6.07) is 17.6. The fourth-order valence-corrected chi connectivity index (χ4v) is 2.91. The number of nitrogens with two attached hydrogens (primary N) is 1. The van der Waals surface area contributed by atoms with Gasteiger partial charge in [-0.15, -0.1) is 0 Å². The van der Waals surface area contributed by atoms with Crippen LogP contribution in [-0.2, 0) is 6.54 Å². The van der Waals surface area contributed by atoms with Gasteiger partial charge in [0.1, 0.15) is 17.9 Å². The monoisotopic (exact) mass is 324 g/mol. The zero-order valence-electron chi connectivity index (χ0n) is 14.0. The predicted octanol–water partition coefficient (Wildman–Crippen LogP) is 2.67. The lowest BCUT2D eigenvalue weighted by molar-refractivity contribution is -0.672. The number of methoxy groups -OCH3 is 1. The van der Waals surface area contributed by atoms with E-state index in [4.69, 9.17) is 9.15 Å². The Morgan fingerprint density at radius 2 is 1.92 bits per heavy atom. The molecular weight excluding hydrogens is 302 g/mol. The van der Waals surface area contributed by atoms with Gasteiger partial charge in [-0.05, 0) is 17.7 Å². The number of quaternary nitrogens is 1. The molecule has 0 fully saturated rings. The van der Waals surface area contributed by atoms with E-state index in [-0.39, 0.29) is 5.63 Å². The molecule has 3 rings (SSSR count). The maximum Gasteiger partial charge on any atom is 0.336 e. The molecule has 0 aliphatic carbocycles. The molecule has 4 nitrogen and oxygen atoms in total. The quantitative estimate of drug-likeness (QED) is 0.709. The smallest absolute Gasteiger partial charge is 0.336 e. The van der Waals surface area contributed by atoms with Crippen molar-refractivity contribution >= 4 is 11.0 Å². The van der Waals surface area contributed by atoms with E-state index in [0.29, 0.717) is 17.3 Å². The van der Waals surface area contributed by atoms with Gasteiger partial charge in [-0.3, -0.25) is 0 Å². The first-order chi connectivity index (χ1) is 11.7. The minimum atomic E-state index is -0.324. The van der Waals surface area contributed by atoms with E-state index in [1.54, 1.807) is 19.2 Å². The fraction of sp³-hybridized carbons (Fsp3) is 0.250. The Kier molecular flexibility index (Phi) is 4.96. The summed E-state index contributed by atoms with van der Waals surface area (Å²) in [7, 11) is 1.60. The minimum Gasteiger partial charge on any atom is -0.497 e. The van der Waals surface area contributed by atoms with Crippen LogP contribution in [0.1, 0.15) is 24.0 Å². The second kappa shape index (κ2) is 7.32. The van der Waals surface area contributed by atoms with Crippen LogP contribution in [0.3, 0.4) is 0 Å². The summed E-state index contributed by atoms with van der Waals surface area (Å²) in [5, 5.41) is 3.19. The van der Waals surface area contributed by atoms with Crippen molar-refractivity contribution in [2.24, 2.45) is 0 Å². The Morgan fingerprint density at radius 1 is 1.12 bits per heavy atom. The van der Waals surface area contributed by atoms with Gasteiger partial charge >= 0.3 is 5.63 Å². The van der Waals surface area contributed by atoms with Crippen molar-refractivity contribution in [3.63, 3.8) is 0 Å². The number of hydrogen-bond donors (Lipinski definition) is 1. The molecule has 0 spiro atoms. The van der Waals surface area contributed by atoms with Crippen molar-refractivity contribution in [2.45, 2.75) is 19.4 Å². The molecule has 24 heavy (non-hydrogen) atoms. The normalized spacial score (nSPS) is 12.2. The van der Waals surface area contributed by atoms with Crippen molar-refractivity contribution in [2.75, 3.05) is 13.7 Å². The van der Waals surface area contributed by atoms with E-state index in [2.05, 4.69) is 36.5 Å². The highest BCUT2D eigenvalue weighted by atomic mass is 16.5. The van der Waals surface area contributed by atoms with Crippen molar-refractivity contribution in [3.05, 3.63) is 76.1 Å². The molecule has 0 amide bonds. The SMILES string of the molecule is COc1ccc2c(C[NH2+]C[C@H](C)c3ccccc3)cc(=O)oc2c1. The lowest BCUT2D eigenvalue weighted by atomic mass is 10.0. The highest BCUT2D eigenvalue weighted by molar-refractivity contribution is 5.81. The maximum absolute atomic E-state index is 11.8. The third kappa shape index (κ3) is 3.66. The summed E-state index contributed by atoms with van der Waals surface area (Å²) < 4.78 is 10.5. The fourth-order valence-electron chi connectivity index (χ4n) is 2.91. The lowest BCUT2D eigenvalue weighted by Gasteiger charge is -2.11. The summed E-state index contributed by atoms with van der Waals surface area (Å²) in [4.78, 5) is 11.8. The minimum absolute atomic E-state index is 0.324. The summed E-state index contributed by atoms with van der Waals surface area (Å²) in [5.41, 5.74) is 2.57. The molecule has 1 heterocycles. The average molecular weight is 324 g/mol. The molecule has 0 radical (unpaired) electrons. The van der Waals surface area contributed by atoms with Gasteiger partial charge in [0.2, 0.25) is 0 Å². The van der Waals surface area contributed by atoms with Gasteiger partial charge in [0.05, 0.1) is 13.7 Å². The number of benzene rings is 2. The Bertz CT molecular complexity index is 871. The molecule has 0 saturated carbocycles. The first kappa shape index (κ1) is 16.3. The Morgan fingerprint density at radius 3 is 2.67 bits per heavy atom. The van der Waals surface area contributed by atoms with Crippen LogP contribution >= 0.6 is 0 Å². The van der Waals surface area contributed by atoms with Gasteiger partial charge < -0.3 is 14.5 Å². The van der Waals surface area contributed by atoms with Crippen LogP contribution in [0, 0.1) is 0 Å². The number of fused-ring (bicyclic) bond motifs is 1. The zero-order chi connectivity index (χ0) is 16.9. The topological polar surface area (TPSA) is 56.0 Å². The second-order valence-corrected chi connectivity index (χ2v) is 5.99. The van der Waals surface area contributed by atoms with E-state index in [1.165, 1.54) is 5.56 Å². The van der Waals surface area contributed by atoms with Gasteiger partial charge in [-0.2, -0.15) is 0 Å². The first-order valence-corrected chi connectivity index (χ1v) is 8.15. The average Bonchev–Trinajstić information content (AvgIpc) is 2.61. The molecule has 124 valence electrons. The number of hydrogen-bond acceptors (Lipinski definition) is 3. The standard InChI is InChI=1S/C20H21NO3/c1-14(15-6-4-3-5-7-15)12-21-13-16-10-20(22)24-19-11-17(23-2)8-9-18(16)19/h3-11,14,21H,12-13H2,1-2H3/p+1/t14-/m0/s1. The van der Waals surface area contributed by atoms with Gasteiger partial charge in [-0.25, -0.2) is 4.79 Å². The van der Waals surface area contributed by atoms with Crippen LogP contribution in [0.5, 0.6) is 5.75 Å². The Labute approximate surface area is 141 Å². The molecule has 0 unspecified atom stereocenters. The molecule has 2 aromatic carbocycles. The van der Waals surface area contributed by atoms with Crippen LogP contribution < -0.4 is 15.7 Å². The predicted molar refractivity (Wildman–Crippen MR) is 94.4 cm³/mol. The van der Waals surface area contributed by atoms with E-state index in [1.807, 2.05) is 18.2 Å². The lowest BCUT2D eigenvalue weighted by Crippen LogP contribution is -2.83. The molecule has 0 aliphatic heterocycles. The molecule has 2 N–H and O–H groups in total. The zero-order valence-corrected chi connectivity index (χ0v) is 14.0. The molecule has 0 saturated heterocycles. The number of ether oxygens (including phenoxy) is 1. The largest absolute Gasteiger partial charge is 0.497 e. The highest BCUT2D eigenvalue weighted by Crippen LogP contribution is 2.22. The molecule has 0 bridgehead atoms. The summed E-state index contributed by atoms with van der Waals surface area (Å²) >= 11 is 0. The number of rotatable bonds is 6. The van der Waals surface area contributed by atoms with E-state index < -0.39 is 0 Å². The Hall–Kier alpha value is -2.59. The van der Waals surface area contributed by atoms with Gasteiger partial charge in [-0.1, -0.05) is 37.3 Å². The highest BCUT2D eigenvalue weighted by Gasteiger charge is 2.11. The molecule has 4 heteroatoms. The molecular formula is C20H22NO3+. The van der Waals surface area contributed by atoms with Gasteiger partial charge in [0.15, 0.2) is 0 Å². The molecule has 3 aromatic rings. The first-order valence-electron chi connectivity index (χ1n) is 8.15. The van der Waals surface area contributed by atoms with Crippen molar-refractivity contribution in [3.8, 4) is 5.75 Å². The van der Waals surface area contributed by atoms with Gasteiger partial charge in [0.25, 0.3) is 0 Å². The van der Waals surface area contributed by atoms with Crippen LogP contribution in [0.2, 0.25) is 0 Å². The summed E-state index contributed by atoms with van der Waals surface area (Å²) in [6.07, 6.45) is 0. The van der Waals surface area contributed by atoms with Crippen LogP contribution in [0.15, 0.2) is 63.8 Å². The third-order valence-corrected chi connectivity index (χ3v) is 4.29. The van der Waals surface area contributed by atoms with Crippen molar-refractivity contribution in [1.82, 2.24) is 0 Å². The maximum atomic E-state index is 11.8.